The molecule has 0 aliphatic heterocycles. The van der Waals surface area contributed by atoms with E-state index in [1.165, 1.54) is 18.2 Å². The Hall–Kier alpha value is -2.97. The van der Waals surface area contributed by atoms with E-state index in [9.17, 15) is 14.7 Å². The first-order valence-corrected chi connectivity index (χ1v) is 10.1. The number of thioether (sulfide) groups is 1. The number of phenolic OH excluding ortho intramolecular Hbond substituents is 1. The third-order valence-electron chi connectivity index (χ3n) is 3.88. The lowest BCUT2D eigenvalue weighted by Crippen LogP contribution is -2.27. The molecule has 2 aromatic carbocycles. The fourth-order valence-corrected chi connectivity index (χ4v) is 2.95. The third kappa shape index (κ3) is 7.17. The largest absolute Gasteiger partial charge is 0.508 e. The fourth-order valence-electron chi connectivity index (χ4n) is 2.54. The topological polar surface area (TPSA) is 105 Å². The quantitative estimate of drug-likeness (QED) is 0.409. The second-order valence-electron chi connectivity index (χ2n) is 5.89. The lowest BCUT2D eigenvalue weighted by molar-refractivity contribution is -0.131. The molecule has 154 valence electrons. The fraction of sp³-hybridized carbons (Fsp3) is 0.238. The normalized spacial score (nSPS) is 13.0. The molecule has 2 rings (SSSR count). The number of aromatic hydroxyl groups is 1. The van der Waals surface area contributed by atoms with Crippen LogP contribution in [0, 0.1) is 0 Å². The van der Waals surface area contributed by atoms with Crippen LogP contribution in [0.25, 0.3) is 0 Å². The predicted octanol–water partition coefficient (Wildman–Crippen LogP) is 4.45. The highest BCUT2D eigenvalue weighted by molar-refractivity contribution is 7.98. The zero-order valence-corrected chi connectivity index (χ0v) is 16.9. The smallest absolute Gasteiger partial charge is 0.412 e. The van der Waals surface area contributed by atoms with Crippen molar-refractivity contribution in [2.45, 2.75) is 24.0 Å². The summed E-state index contributed by atoms with van der Waals surface area (Å²) in [5, 5.41) is 21.1. The van der Waals surface area contributed by atoms with Gasteiger partial charge in [0.05, 0.1) is 0 Å². The van der Waals surface area contributed by atoms with Gasteiger partial charge in [-0.2, -0.15) is 0 Å². The summed E-state index contributed by atoms with van der Waals surface area (Å²) in [5.41, 5.74) is 1.11. The Morgan fingerprint density at radius 1 is 1.14 bits per heavy atom. The average molecular weight is 417 g/mol. The van der Waals surface area contributed by atoms with Crippen LogP contribution in [0.1, 0.15) is 18.6 Å². The maximum absolute atomic E-state index is 12.5. The molecule has 0 aliphatic rings. The van der Waals surface area contributed by atoms with Gasteiger partial charge in [0.1, 0.15) is 11.9 Å². The number of carboxylic acid groups (broad SMARTS) is 1. The number of nitrogens with one attached hydrogen (secondary N) is 1. The third-order valence-corrected chi connectivity index (χ3v) is 4.62. The Kier molecular flexibility index (Phi) is 8.57. The second-order valence-corrected chi connectivity index (χ2v) is 6.77. The van der Waals surface area contributed by atoms with Crippen molar-refractivity contribution in [3.05, 3.63) is 66.2 Å². The van der Waals surface area contributed by atoms with Gasteiger partial charge in [-0.15, -0.1) is 11.8 Å². The number of amides is 1. The summed E-state index contributed by atoms with van der Waals surface area (Å²) in [4.78, 5) is 24.5. The van der Waals surface area contributed by atoms with Crippen LogP contribution in [0.2, 0.25) is 0 Å². The molecule has 0 fully saturated rings. The highest BCUT2D eigenvalue weighted by atomic mass is 32.2. The number of carbonyl (C=O) groups is 2. The second kappa shape index (κ2) is 11.1. The predicted molar refractivity (Wildman–Crippen MR) is 111 cm³/mol. The molecule has 7 nitrogen and oxygen atoms in total. The van der Waals surface area contributed by atoms with Crippen molar-refractivity contribution >= 4 is 29.5 Å². The molecular formula is C21H23NO6S. The summed E-state index contributed by atoms with van der Waals surface area (Å²) >= 11 is 1.59. The summed E-state index contributed by atoms with van der Waals surface area (Å²) in [6, 6.07) is 13.3. The molecule has 0 bridgehead atoms. The van der Waals surface area contributed by atoms with Gasteiger partial charge < -0.3 is 19.7 Å². The van der Waals surface area contributed by atoms with Crippen LogP contribution >= 0.6 is 11.8 Å². The highest BCUT2D eigenvalue weighted by Gasteiger charge is 2.26. The minimum absolute atomic E-state index is 0.0554. The molecule has 0 heterocycles. The van der Waals surface area contributed by atoms with Crippen LogP contribution in [-0.2, 0) is 14.3 Å². The number of ether oxygens (including phenoxy) is 2. The standard InChI is InChI=1S/C21H23NO6S/c1-3-27-18(12-13-19(24)25)20(14-4-8-16(23)9-5-14)28-21(26)22-15-6-10-17(29-2)11-7-15/h4-13,18,20,23H,3H2,1-2H3,(H,22,26)(H,24,25)/b13-12+/t18-,20-/m0/s1. The molecule has 2 aromatic rings. The Morgan fingerprint density at radius 3 is 2.34 bits per heavy atom. The molecule has 0 unspecified atom stereocenters. The van der Waals surface area contributed by atoms with Gasteiger partial charge in [0, 0.05) is 23.3 Å². The number of benzene rings is 2. The van der Waals surface area contributed by atoms with Crippen molar-refractivity contribution in [2.24, 2.45) is 0 Å². The van der Waals surface area contributed by atoms with Crippen LogP contribution in [-0.4, -0.2) is 41.2 Å². The van der Waals surface area contributed by atoms with Gasteiger partial charge in [-0.05, 0) is 61.2 Å². The molecule has 3 N–H and O–H groups in total. The number of aliphatic carboxylic acids is 1. The van der Waals surface area contributed by atoms with Crippen molar-refractivity contribution in [1.82, 2.24) is 0 Å². The average Bonchev–Trinajstić information content (AvgIpc) is 2.71. The monoisotopic (exact) mass is 417 g/mol. The van der Waals surface area contributed by atoms with E-state index >= 15 is 0 Å². The van der Waals surface area contributed by atoms with Crippen molar-refractivity contribution in [3.8, 4) is 5.75 Å². The summed E-state index contributed by atoms with van der Waals surface area (Å²) in [6.45, 7) is 2.03. The lowest BCUT2D eigenvalue weighted by atomic mass is 10.0. The molecule has 0 saturated carbocycles. The van der Waals surface area contributed by atoms with E-state index < -0.39 is 24.3 Å². The van der Waals surface area contributed by atoms with E-state index in [1.807, 2.05) is 18.4 Å². The molecular weight excluding hydrogens is 394 g/mol. The van der Waals surface area contributed by atoms with E-state index in [0.717, 1.165) is 11.0 Å². The van der Waals surface area contributed by atoms with Crippen LogP contribution in [0.5, 0.6) is 5.75 Å². The SMILES string of the molecule is CCO[C@@H](/C=C/C(=O)O)[C@@H](OC(=O)Nc1ccc(SC)cc1)c1ccc(O)cc1. The molecule has 0 aromatic heterocycles. The van der Waals surface area contributed by atoms with Crippen LogP contribution < -0.4 is 5.32 Å². The maximum atomic E-state index is 12.5. The number of hydrogen-bond donors (Lipinski definition) is 3. The number of carboxylic acids is 1. The summed E-state index contributed by atoms with van der Waals surface area (Å²) in [7, 11) is 0. The van der Waals surface area contributed by atoms with Crippen LogP contribution in [0.4, 0.5) is 10.5 Å². The van der Waals surface area contributed by atoms with Crippen molar-refractivity contribution in [3.63, 3.8) is 0 Å². The molecule has 29 heavy (non-hydrogen) atoms. The summed E-state index contributed by atoms with van der Waals surface area (Å²) < 4.78 is 11.2. The maximum Gasteiger partial charge on any atom is 0.412 e. The number of carbonyl (C=O) groups excluding carboxylic acids is 1. The molecule has 0 spiro atoms. The first-order valence-electron chi connectivity index (χ1n) is 8.86. The summed E-state index contributed by atoms with van der Waals surface area (Å²) in [5.74, 6) is -1.09. The molecule has 2 atom stereocenters. The molecule has 0 saturated heterocycles. The van der Waals surface area contributed by atoms with Crippen LogP contribution in [0.3, 0.4) is 0 Å². The van der Waals surface area contributed by atoms with Gasteiger partial charge in [0.2, 0.25) is 0 Å². The zero-order valence-electron chi connectivity index (χ0n) is 16.1. The molecule has 0 aliphatic carbocycles. The zero-order chi connectivity index (χ0) is 21.2. The van der Waals surface area contributed by atoms with E-state index in [4.69, 9.17) is 14.6 Å². The highest BCUT2D eigenvalue weighted by Crippen LogP contribution is 2.27. The number of hydrogen-bond acceptors (Lipinski definition) is 6. The van der Waals surface area contributed by atoms with Gasteiger partial charge in [0.25, 0.3) is 0 Å². The van der Waals surface area contributed by atoms with E-state index in [0.29, 0.717) is 11.3 Å². The van der Waals surface area contributed by atoms with Gasteiger partial charge in [-0.3, -0.25) is 5.32 Å². The van der Waals surface area contributed by atoms with E-state index in [1.54, 1.807) is 43.0 Å². The lowest BCUT2D eigenvalue weighted by Gasteiger charge is -2.25. The number of rotatable bonds is 9. The molecule has 8 heteroatoms. The van der Waals surface area contributed by atoms with E-state index in [2.05, 4.69) is 5.32 Å². The molecule has 1 amide bonds. The van der Waals surface area contributed by atoms with Gasteiger partial charge in [-0.25, -0.2) is 9.59 Å². The number of anilines is 1. The first kappa shape index (κ1) is 22.3. The van der Waals surface area contributed by atoms with Crippen molar-refractivity contribution in [1.29, 1.82) is 0 Å². The number of phenols is 1. The van der Waals surface area contributed by atoms with Gasteiger partial charge >= 0.3 is 12.1 Å². The summed E-state index contributed by atoms with van der Waals surface area (Å²) in [6.07, 6.45) is 1.76. The van der Waals surface area contributed by atoms with Crippen LogP contribution in [0.15, 0.2) is 65.6 Å². The van der Waals surface area contributed by atoms with Gasteiger partial charge in [-0.1, -0.05) is 12.1 Å². The van der Waals surface area contributed by atoms with Crippen molar-refractivity contribution < 1.29 is 29.3 Å². The Labute approximate surface area is 173 Å². The van der Waals surface area contributed by atoms with Crippen molar-refractivity contribution in [2.75, 3.05) is 18.2 Å². The Morgan fingerprint density at radius 2 is 1.79 bits per heavy atom. The minimum Gasteiger partial charge on any atom is -0.508 e. The van der Waals surface area contributed by atoms with Gasteiger partial charge in [0.15, 0.2) is 6.10 Å². The Bertz CT molecular complexity index is 835. The van der Waals surface area contributed by atoms with E-state index in [-0.39, 0.29) is 12.4 Å². The molecule has 0 radical (unpaired) electrons. The first-order chi connectivity index (χ1) is 13.9. The minimum atomic E-state index is -1.14. The Balaban J connectivity index is 2.23.